The van der Waals surface area contributed by atoms with Crippen LogP contribution in [0, 0.1) is 5.92 Å². The van der Waals surface area contributed by atoms with E-state index < -0.39 is 0 Å². The predicted octanol–water partition coefficient (Wildman–Crippen LogP) is 1.79. The van der Waals surface area contributed by atoms with Crippen molar-refractivity contribution in [2.24, 2.45) is 5.92 Å². The van der Waals surface area contributed by atoms with Crippen LogP contribution >= 0.6 is 0 Å². The minimum absolute atomic E-state index is 0.642. The lowest BCUT2D eigenvalue weighted by atomic mass is 10.2. The summed E-state index contributed by atoms with van der Waals surface area (Å²) in [6.07, 6.45) is 0. The highest BCUT2D eigenvalue weighted by atomic mass is 16.6. The van der Waals surface area contributed by atoms with E-state index in [1.807, 2.05) is 6.07 Å². The molecular formula is C15H24N2O2. The van der Waals surface area contributed by atoms with Crippen molar-refractivity contribution in [1.82, 2.24) is 10.6 Å². The molecule has 0 fully saturated rings. The molecule has 0 bridgehead atoms. The molecule has 19 heavy (non-hydrogen) atoms. The van der Waals surface area contributed by atoms with Crippen LogP contribution in [-0.2, 0) is 6.54 Å². The van der Waals surface area contributed by atoms with Crippen LogP contribution in [0.4, 0.5) is 0 Å². The van der Waals surface area contributed by atoms with Gasteiger partial charge in [-0.05, 0) is 30.2 Å². The Bertz CT molecular complexity index is 394. The van der Waals surface area contributed by atoms with Gasteiger partial charge in [-0.15, -0.1) is 0 Å². The molecule has 4 heteroatoms. The predicted molar refractivity (Wildman–Crippen MR) is 76.8 cm³/mol. The summed E-state index contributed by atoms with van der Waals surface area (Å²) < 4.78 is 11.1. The molecular weight excluding hydrogens is 240 g/mol. The summed E-state index contributed by atoms with van der Waals surface area (Å²) in [6.45, 7) is 9.63. The van der Waals surface area contributed by atoms with E-state index in [0.717, 1.165) is 37.7 Å². The minimum atomic E-state index is 0.642. The fraction of sp³-hybridized carbons (Fsp3) is 0.600. The van der Waals surface area contributed by atoms with E-state index >= 15 is 0 Å². The van der Waals surface area contributed by atoms with Gasteiger partial charge in [0, 0.05) is 19.6 Å². The minimum Gasteiger partial charge on any atom is -0.486 e. The van der Waals surface area contributed by atoms with E-state index in [-0.39, 0.29) is 0 Å². The van der Waals surface area contributed by atoms with Crippen LogP contribution in [0.2, 0.25) is 0 Å². The Kier molecular flexibility index (Phi) is 5.48. The SMILES string of the molecule is CC(C)CNCCNCc1ccc2c(c1)OCCO2. The molecule has 1 aromatic rings. The van der Waals surface area contributed by atoms with Crippen molar-refractivity contribution in [3.05, 3.63) is 23.8 Å². The van der Waals surface area contributed by atoms with Crippen LogP contribution in [0.3, 0.4) is 0 Å². The highest BCUT2D eigenvalue weighted by molar-refractivity contribution is 5.43. The molecule has 1 aliphatic heterocycles. The number of nitrogens with one attached hydrogen (secondary N) is 2. The number of hydrogen-bond donors (Lipinski definition) is 2. The van der Waals surface area contributed by atoms with E-state index in [1.165, 1.54) is 5.56 Å². The Morgan fingerprint density at radius 1 is 1.05 bits per heavy atom. The molecule has 4 nitrogen and oxygen atoms in total. The highest BCUT2D eigenvalue weighted by Gasteiger charge is 2.11. The normalized spacial score (nSPS) is 13.8. The van der Waals surface area contributed by atoms with Gasteiger partial charge in [0.15, 0.2) is 11.5 Å². The molecule has 0 aromatic heterocycles. The third-order valence-electron chi connectivity index (χ3n) is 2.97. The first kappa shape index (κ1) is 14.2. The number of ether oxygens (including phenoxy) is 2. The fourth-order valence-corrected chi connectivity index (χ4v) is 2.00. The molecule has 1 heterocycles. The summed E-state index contributed by atoms with van der Waals surface area (Å²) in [6, 6.07) is 6.13. The van der Waals surface area contributed by atoms with E-state index in [4.69, 9.17) is 9.47 Å². The smallest absolute Gasteiger partial charge is 0.161 e. The summed E-state index contributed by atoms with van der Waals surface area (Å²) >= 11 is 0. The molecule has 0 unspecified atom stereocenters. The number of rotatable bonds is 7. The molecule has 0 saturated heterocycles. The summed E-state index contributed by atoms with van der Waals surface area (Å²) in [5.74, 6) is 2.43. The van der Waals surface area contributed by atoms with Crippen molar-refractivity contribution in [3.8, 4) is 11.5 Å². The first-order valence-corrected chi connectivity index (χ1v) is 7.05. The van der Waals surface area contributed by atoms with Crippen molar-refractivity contribution in [3.63, 3.8) is 0 Å². The van der Waals surface area contributed by atoms with Crippen molar-refractivity contribution in [2.75, 3.05) is 32.8 Å². The van der Waals surface area contributed by atoms with E-state index in [9.17, 15) is 0 Å². The van der Waals surface area contributed by atoms with Gasteiger partial charge in [-0.3, -0.25) is 0 Å². The summed E-state index contributed by atoms with van der Waals surface area (Å²) in [7, 11) is 0. The molecule has 0 radical (unpaired) electrons. The van der Waals surface area contributed by atoms with Gasteiger partial charge in [-0.1, -0.05) is 19.9 Å². The molecule has 0 atom stereocenters. The Hall–Kier alpha value is -1.26. The molecule has 106 valence electrons. The first-order chi connectivity index (χ1) is 9.25. The second kappa shape index (κ2) is 7.36. The van der Waals surface area contributed by atoms with Crippen LogP contribution in [0.5, 0.6) is 11.5 Å². The average Bonchev–Trinajstić information content (AvgIpc) is 2.42. The third-order valence-corrected chi connectivity index (χ3v) is 2.97. The maximum atomic E-state index is 5.57. The molecule has 0 spiro atoms. The van der Waals surface area contributed by atoms with Crippen molar-refractivity contribution < 1.29 is 9.47 Å². The lowest BCUT2D eigenvalue weighted by molar-refractivity contribution is 0.171. The van der Waals surface area contributed by atoms with Gasteiger partial charge < -0.3 is 20.1 Å². The zero-order chi connectivity index (χ0) is 13.5. The summed E-state index contributed by atoms with van der Waals surface area (Å²) in [5.41, 5.74) is 1.23. The van der Waals surface area contributed by atoms with Gasteiger partial charge in [0.2, 0.25) is 0 Å². The second-order valence-electron chi connectivity index (χ2n) is 5.25. The lowest BCUT2D eigenvalue weighted by Gasteiger charge is -2.19. The molecule has 0 saturated carbocycles. The van der Waals surface area contributed by atoms with Crippen LogP contribution in [0.1, 0.15) is 19.4 Å². The maximum absolute atomic E-state index is 5.57. The maximum Gasteiger partial charge on any atom is 0.161 e. The lowest BCUT2D eigenvalue weighted by Crippen LogP contribution is -2.29. The van der Waals surface area contributed by atoms with E-state index in [1.54, 1.807) is 0 Å². The van der Waals surface area contributed by atoms with Crippen molar-refractivity contribution >= 4 is 0 Å². The molecule has 0 aliphatic carbocycles. The summed E-state index contributed by atoms with van der Waals surface area (Å²) in [5, 5.41) is 6.84. The van der Waals surface area contributed by atoms with Crippen molar-refractivity contribution in [2.45, 2.75) is 20.4 Å². The highest BCUT2D eigenvalue weighted by Crippen LogP contribution is 2.30. The number of fused-ring (bicyclic) bond motifs is 1. The van der Waals surface area contributed by atoms with Crippen LogP contribution in [0.15, 0.2) is 18.2 Å². The second-order valence-corrected chi connectivity index (χ2v) is 5.25. The monoisotopic (exact) mass is 264 g/mol. The Morgan fingerprint density at radius 2 is 1.79 bits per heavy atom. The van der Waals surface area contributed by atoms with Crippen LogP contribution < -0.4 is 20.1 Å². The van der Waals surface area contributed by atoms with Crippen LogP contribution in [0.25, 0.3) is 0 Å². The zero-order valence-corrected chi connectivity index (χ0v) is 11.9. The Labute approximate surface area is 115 Å². The molecule has 1 aliphatic rings. The van der Waals surface area contributed by atoms with Crippen molar-refractivity contribution in [1.29, 1.82) is 0 Å². The molecule has 1 aromatic carbocycles. The van der Waals surface area contributed by atoms with Gasteiger partial charge in [0.25, 0.3) is 0 Å². The van der Waals surface area contributed by atoms with E-state index in [2.05, 4.69) is 36.6 Å². The van der Waals surface area contributed by atoms with Gasteiger partial charge in [0.05, 0.1) is 0 Å². The van der Waals surface area contributed by atoms with Gasteiger partial charge in [0.1, 0.15) is 13.2 Å². The molecule has 2 N–H and O–H groups in total. The largest absolute Gasteiger partial charge is 0.486 e. The quantitative estimate of drug-likeness (QED) is 0.737. The van der Waals surface area contributed by atoms with Crippen LogP contribution in [-0.4, -0.2) is 32.8 Å². The van der Waals surface area contributed by atoms with Gasteiger partial charge in [-0.2, -0.15) is 0 Å². The van der Waals surface area contributed by atoms with Gasteiger partial charge in [-0.25, -0.2) is 0 Å². The molecule has 0 amide bonds. The number of hydrogen-bond acceptors (Lipinski definition) is 4. The standard InChI is InChI=1S/C15H24N2O2/c1-12(2)10-16-5-6-17-11-13-3-4-14-15(9-13)19-8-7-18-14/h3-4,9,12,16-17H,5-8,10-11H2,1-2H3. The Balaban J connectivity index is 1.68. The summed E-state index contributed by atoms with van der Waals surface area (Å²) in [4.78, 5) is 0. The van der Waals surface area contributed by atoms with Gasteiger partial charge >= 0.3 is 0 Å². The topological polar surface area (TPSA) is 42.5 Å². The first-order valence-electron chi connectivity index (χ1n) is 7.05. The third kappa shape index (κ3) is 4.73. The van der Waals surface area contributed by atoms with E-state index in [0.29, 0.717) is 19.1 Å². The zero-order valence-electron chi connectivity index (χ0n) is 11.9. The Morgan fingerprint density at radius 3 is 2.58 bits per heavy atom. The number of benzene rings is 1. The fourth-order valence-electron chi connectivity index (χ4n) is 2.00. The average molecular weight is 264 g/mol. The molecule has 2 rings (SSSR count).